The highest BCUT2D eigenvalue weighted by Gasteiger charge is 2.12. The summed E-state index contributed by atoms with van der Waals surface area (Å²) < 4.78 is 2.20. The van der Waals surface area contributed by atoms with Gasteiger partial charge in [0.05, 0.1) is 21.1 Å². The normalized spacial score (nSPS) is 11.7. The number of halogens is 3. The molecule has 0 N–H and O–H groups in total. The molecular formula is C14H18Cl3N3. The van der Waals surface area contributed by atoms with Crippen molar-refractivity contribution in [2.24, 2.45) is 0 Å². The van der Waals surface area contributed by atoms with Crippen LogP contribution in [0.4, 0.5) is 0 Å². The Kier molecular flexibility index (Phi) is 5.56. The van der Waals surface area contributed by atoms with Gasteiger partial charge in [-0.25, -0.2) is 4.98 Å². The predicted molar refractivity (Wildman–Crippen MR) is 87.3 cm³/mol. The summed E-state index contributed by atoms with van der Waals surface area (Å²) in [6.07, 6.45) is 1.79. The molecule has 2 rings (SSSR count). The zero-order chi connectivity index (χ0) is 14.7. The molecule has 20 heavy (non-hydrogen) atoms. The first-order chi connectivity index (χ1) is 9.52. The summed E-state index contributed by atoms with van der Waals surface area (Å²) in [4.78, 5) is 6.79. The van der Waals surface area contributed by atoms with Gasteiger partial charge in [-0.05, 0) is 39.2 Å². The third-order valence-electron chi connectivity index (χ3n) is 3.17. The lowest BCUT2D eigenvalue weighted by Gasteiger charge is -2.12. The van der Waals surface area contributed by atoms with Crippen LogP contribution in [0.2, 0.25) is 10.0 Å². The first-order valence-electron chi connectivity index (χ1n) is 6.57. The van der Waals surface area contributed by atoms with E-state index in [2.05, 4.69) is 28.5 Å². The molecule has 2 aromatic rings. The zero-order valence-electron chi connectivity index (χ0n) is 11.7. The fraction of sp³-hybridized carbons (Fsp3) is 0.500. The molecular weight excluding hydrogens is 317 g/mol. The van der Waals surface area contributed by atoms with Crippen molar-refractivity contribution in [2.75, 3.05) is 26.5 Å². The van der Waals surface area contributed by atoms with E-state index in [-0.39, 0.29) is 0 Å². The molecule has 6 heteroatoms. The lowest BCUT2D eigenvalue weighted by atomic mass is 10.3. The Bertz CT molecular complexity index is 593. The lowest BCUT2D eigenvalue weighted by molar-refractivity contribution is 0.386. The summed E-state index contributed by atoms with van der Waals surface area (Å²) in [5.41, 5.74) is 1.91. The number of fused-ring (bicyclic) bond motifs is 1. The highest BCUT2D eigenvalue weighted by Crippen LogP contribution is 2.28. The van der Waals surface area contributed by atoms with Gasteiger partial charge < -0.3 is 9.47 Å². The lowest BCUT2D eigenvalue weighted by Crippen LogP contribution is -2.16. The van der Waals surface area contributed by atoms with Crippen LogP contribution in [0, 0.1) is 0 Å². The number of rotatable bonds is 6. The van der Waals surface area contributed by atoms with Gasteiger partial charge in [0.2, 0.25) is 0 Å². The van der Waals surface area contributed by atoms with Crippen LogP contribution in [-0.2, 0) is 13.0 Å². The van der Waals surface area contributed by atoms with Gasteiger partial charge in [-0.15, -0.1) is 11.6 Å². The minimum Gasteiger partial charge on any atom is -0.328 e. The third kappa shape index (κ3) is 3.59. The van der Waals surface area contributed by atoms with Crippen LogP contribution in [0.15, 0.2) is 12.1 Å². The molecule has 0 unspecified atom stereocenters. The molecule has 0 radical (unpaired) electrons. The molecule has 0 saturated carbocycles. The maximum atomic E-state index is 6.12. The second kappa shape index (κ2) is 6.99. The van der Waals surface area contributed by atoms with Crippen LogP contribution >= 0.6 is 34.8 Å². The Labute approximate surface area is 134 Å². The zero-order valence-corrected chi connectivity index (χ0v) is 13.9. The van der Waals surface area contributed by atoms with Gasteiger partial charge in [-0.2, -0.15) is 0 Å². The van der Waals surface area contributed by atoms with Crippen LogP contribution in [0.3, 0.4) is 0 Å². The highest BCUT2D eigenvalue weighted by atomic mass is 35.5. The van der Waals surface area contributed by atoms with Crippen LogP contribution in [0.25, 0.3) is 11.0 Å². The second-order valence-corrected chi connectivity index (χ2v) is 6.22. The van der Waals surface area contributed by atoms with E-state index in [4.69, 9.17) is 34.8 Å². The highest BCUT2D eigenvalue weighted by molar-refractivity contribution is 6.42. The molecule has 3 nitrogen and oxygen atoms in total. The van der Waals surface area contributed by atoms with E-state index >= 15 is 0 Å². The van der Waals surface area contributed by atoms with Crippen molar-refractivity contribution < 1.29 is 0 Å². The predicted octanol–water partition coefficient (Wildman–Crippen LogP) is 4.08. The van der Waals surface area contributed by atoms with Crippen molar-refractivity contribution in [3.8, 4) is 0 Å². The monoisotopic (exact) mass is 333 g/mol. The van der Waals surface area contributed by atoms with Crippen molar-refractivity contribution in [2.45, 2.75) is 19.4 Å². The third-order valence-corrected chi connectivity index (χ3v) is 4.09. The van der Waals surface area contributed by atoms with Gasteiger partial charge in [0.15, 0.2) is 0 Å². The number of aryl methyl sites for hydroxylation is 2. The van der Waals surface area contributed by atoms with Gasteiger partial charge >= 0.3 is 0 Å². The van der Waals surface area contributed by atoms with E-state index in [1.54, 1.807) is 0 Å². The molecule has 110 valence electrons. The molecule has 0 spiro atoms. The Morgan fingerprint density at radius 1 is 1.20 bits per heavy atom. The molecule has 0 fully saturated rings. The van der Waals surface area contributed by atoms with E-state index in [0.717, 1.165) is 42.8 Å². The minimum absolute atomic E-state index is 0.537. The van der Waals surface area contributed by atoms with E-state index in [9.17, 15) is 0 Å². The number of hydrogen-bond acceptors (Lipinski definition) is 2. The number of benzene rings is 1. The van der Waals surface area contributed by atoms with Gasteiger partial charge in [-0.3, -0.25) is 0 Å². The minimum atomic E-state index is 0.537. The first-order valence-corrected chi connectivity index (χ1v) is 7.87. The van der Waals surface area contributed by atoms with E-state index in [1.165, 1.54) is 0 Å². The SMILES string of the molecule is CN(C)CCCn1c(CCCl)nc2cc(Cl)c(Cl)cc21. The Balaban J connectivity index is 2.37. The largest absolute Gasteiger partial charge is 0.328 e. The Morgan fingerprint density at radius 2 is 1.90 bits per heavy atom. The van der Waals surface area contributed by atoms with Crippen LogP contribution in [0.1, 0.15) is 12.2 Å². The number of hydrogen-bond donors (Lipinski definition) is 0. The number of alkyl halides is 1. The summed E-state index contributed by atoms with van der Waals surface area (Å²) >= 11 is 18.1. The van der Waals surface area contributed by atoms with E-state index in [1.807, 2.05) is 12.1 Å². The molecule has 0 aliphatic heterocycles. The van der Waals surface area contributed by atoms with Crippen molar-refractivity contribution in [1.29, 1.82) is 0 Å². The summed E-state index contributed by atoms with van der Waals surface area (Å²) in [6, 6.07) is 3.71. The fourth-order valence-corrected chi connectivity index (χ4v) is 2.72. The van der Waals surface area contributed by atoms with Gasteiger partial charge in [-0.1, -0.05) is 23.2 Å². The van der Waals surface area contributed by atoms with Crippen molar-refractivity contribution in [3.05, 3.63) is 28.0 Å². The molecule has 1 heterocycles. The van der Waals surface area contributed by atoms with Crippen molar-refractivity contribution >= 4 is 45.8 Å². The standard InChI is InChI=1S/C14H18Cl3N3/c1-19(2)6-3-7-20-13-9-11(17)10(16)8-12(13)18-14(20)4-5-15/h8-9H,3-7H2,1-2H3. The van der Waals surface area contributed by atoms with Crippen LogP contribution < -0.4 is 0 Å². The van der Waals surface area contributed by atoms with Crippen LogP contribution in [0.5, 0.6) is 0 Å². The molecule has 0 saturated heterocycles. The van der Waals surface area contributed by atoms with E-state index in [0.29, 0.717) is 15.9 Å². The number of imidazole rings is 1. The molecule has 0 amide bonds. The summed E-state index contributed by atoms with van der Waals surface area (Å²) in [6.45, 7) is 1.93. The Morgan fingerprint density at radius 3 is 2.55 bits per heavy atom. The van der Waals surface area contributed by atoms with Gasteiger partial charge in [0, 0.05) is 18.8 Å². The molecule has 0 aliphatic rings. The molecule has 0 aliphatic carbocycles. The average molecular weight is 335 g/mol. The smallest absolute Gasteiger partial charge is 0.111 e. The summed E-state index contributed by atoms with van der Waals surface area (Å²) in [7, 11) is 4.14. The molecule has 1 aromatic carbocycles. The summed E-state index contributed by atoms with van der Waals surface area (Å²) in [5.74, 6) is 1.55. The quantitative estimate of drug-likeness (QED) is 0.742. The maximum Gasteiger partial charge on any atom is 0.111 e. The second-order valence-electron chi connectivity index (χ2n) is 5.03. The molecule has 0 atom stereocenters. The van der Waals surface area contributed by atoms with Crippen molar-refractivity contribution in [1.82, 2.24) is 14.5 Å². The van der Waals surface area contributed by atoms with E-state index < -0.39 is 0 Å². The van der Waals surface area contributed by atoms with Crippen LogP contribution in [-0.4, -0.2) is 41.0 Å². The van der Waals surface area contributed by atoms with Gasteiger partial charge in [0.25, 0.3) is 0 Å². The molecule has 0 bridgehead atoms. The first kappa shape index (κ1) is 15.9. The fourth-order valence-electron chi connectivity index (χ4n) is 2.24. The summed E-state index contributed by atoms with van der Waals surface area (Å²) in [5, 5.41) is 1.10. The average Bonchev–Trinajstić information content (AvgIpc) is 2.68. The molecule has 1 aromatic heterocycles. The number of nitrogens with zero attached hydrogens (tertiary/aromatic N) is 3. The number of aromatic nitrogens is 2. The maximum absolute atomic E-state index is 6.12. The van der Waals surface area contributed by atoms with Crippen molar-refractivity contribution in [3.63, 3.8) is 0 Å². The topological polar surface area (TPSA) is 21.1 Å². The van der Waals surface area contributed by atoms with Gasteiger partial charge in [0.1, 0.15) is 5.82 Å². The Hall–Kier alpha value is -0.480.